The molecule has 0 N–H and O–H groups in total. The average molecular weight is 495 g/mol. The number of amides is 2. The molecule has 9 aliphatic rings. The molecule has 0 radical (unpaired) electrons. The third-order valence-electron chi connectivity index (χ3n) is 13.8. The zero-order chi connectivity index (χ0) is 25.5. The van der Waals surface area contributed by atoms with Gasteiger partial charge in [0.2, 0.25) is 11.8 Å². The molecule has 10 atom stereocenters. The van der Waals surface area contributed by atoms with E-state index in [1.54, 1.807) is 0 Å². The molecule has 0 aromatic carbocycles. The van der Waals surface area contributed by atoms with Crippen molar-refractivity contribution in [2.75, 3.05) is 13.1 Å². The van der Waals surface area contributed by atoms with Gasteiger partial charge in [-0.2, -0.15) is 0 Å². The minimum Gasteiger partial charge on any atom is -0.272 e. The zero-order valence-electron chi connectivity index (χ0n) is 23.9. The second-order valence-electron chi connectivity index (χ2n) is 17.0. The van der Waals surface area contributed by atoms with Crippen LogP contribution >= 0.6 is 0 Å². The van der Waals surface area contributed by atoms with Gasteiger partial charge in [0.15, 0.2) is 0 Å². The van der Waals surface area contributed by atoms with Crippen LogP contribution in [0.1, 0.15) is 119 Å². The molecule has 9 fully saturated rings. The first-order valence-corrected chi connectivity index (χ1v) is 15.4. The summed E-state index contributed by atoms with van der Waals surface area (Å²) in [7, 11) is 0. The molecule has 1 heterocycles. The summed E-state index contributed by atoms with van der Waals surface area (Å²) in [4.78, 5) is 29.4. The van der Waals surface area contributed by atoms with Crippen molar-refractivity contribution >= 4 is 11.8 Å². The van der Waals surface area contributed by atoms with E-state index in [-0.39, 0.29) is 21.7 Å². The lowest BCUT2D eigenvalue weighted by Crippen LogP contribution is -2.68. The zero-order valence-corrected chi connectivity index (χ0v) is 23.9. The number of hydrazine groups is 1. The minimum absolute atomic E-state index is 0.249. The maximum absolute atomic E-state index is 14.7. The predicted molar refractivity (Wildman–Crippen MR) is 141 cm³/mol. The van der Waals surface area contributed by atoms with Crippen LogP contribution in [0.3, 0.4) is 0 Å². The van der Waals surface area contributed by atoms with Crippen molar-refractivity contribution in [3.05, 3.63) is 0 Å². The molecule has 0 spiro atoms. The Morgan fingerprint density at radius 3 is 1.33 bits per heavy atom. The molecule has 200 valence electrons. The fraction of sp³-hybridized carbons (Fsp3) is 0.938. The van der Waals surface area contributed by atoms with E-state index >= 15 is 0 Å². The molecule has 36 heavy (non-hydrogen) atoms. The van der Waals surface area contributed by atoms with Crippen molar-refractivity contribution in [3.63, 3.8) is 0 Å². The molecular formula is C32H50N2O2. The van der Waals surface area contributed by atoms with Gasteiger partial charge in [-0.1, -0.05) is 41.5 Å². The summed E-state index contributed by atoms with van der Waals surface area (Å²) in [5, 5.41) is 4.06. The first kappa shape index (κ1) is 24.0. The summed E-state index contributed by atoms with van der Waals surface area (Å²) in [6, 6.07) is 0. The largest absolute Gasteiger partial charge is 0.272 e. The number of nitrogens with zero attached hydrogens (tertiary/aromatic N) is 2. The van der Waals surface area contributed by atoms with Crippen LogP contribution in [0.15, 0.2) is 0 Å². The summed E-state index contributed by atoms with van der Waals surface area (Å²) >= 11 is 0. The van der Waals surface area contributed by atoms with E-state index in [9.17, 15) is 9.59 Å². The molecule has 0 aromatic heterocycles. The van der Waals surface area contributed by atoms with Crippen LogP contribution in [0.5, 0.6) is 0 Å². The molecule has 0 aromatic rings. The SMILES string of the molecule is CC1C2CC3(C)CC(C(=O)N4CCCCN4C(=O)C45CC6CC(C)(C4)CC(C)(C5)C6C)(C2)CC1(C)C3. The van der Waals surface area contributed by atoms with E-state index in [1.165, 1.54) is 25.7 Å². The van der Waals surface area contributed by atoms with Crippen molar-refractivity contribution in [2.24, 2.45) is 56.2 Å². The van der Waals surface area contributed by atoms with Crippen LogP contribution in [0.2, 0.25) is 0 Å². The fourth-order valence-electron chi connectivity index (χ4n) is 13.2. The third-order valence-corrected chi connectivity index (χ3v) is 13.8. The minimum atomic E-state index is -0.249. The Kier molecular flexibility index (Phi) is 4.62. The quantitative estimate of drug-likeness (QED) is 0.422. The van der Waals surface area contributed by atoms with Gasteiger partial charge in [0.25, 0.3) is 0 Å². The molecule has 4 heteroatoms. The molecule has 8 bridgehead atoms. The van der Waals surface area contributed by atoms with Crippen molar-refractivity contribution in [1.29, 1.82) is 0 Å². The van der Waals surface area contributed by atoms with E-state index < -0.39 is 0 Å². The maximum Gasteiger partial charge on any atom is 0.247 e. The smallest absolute Gasteiger partial charge is 0.247 e. The molecule has 8 aliphatic carbocycles. The van der Waals surface area contributed by atoms with Gasteiger partial charge in [-0.25, -0.2) is 0 Å². The van der Waals surface area contributed by atoms with Gasteiger partial charge in [0, 0.05) is 13.1 Å². The summed E-state index contributed by atoms with van der Waals surface area (Å²) in [5.74, 6) is 3.39. The highest BCUT2D eigenvalue weighted by Gasteiger charge is 2.68. The number of rotatable bonds is 2. The van der Waals surface area contributed by atoms with E-state index in [0.29, 0.717) is 46.3 Å². The second-order valence-corrected chi connectivity index (χ2v) is 17.0. The number of carbonyl (C=O) groups excluding carboxylic acids is 2. The topological polar surface area (TPSA) is 40.6 Å². The lowest BCUT2D eigenvalue weighted by molar-refractivity contribution is -0.222. The predicted octanol–water partition coefficient (Wildman–Crippen LogP) is 6.84. The Morgan fingerprint density at radius 2 is 0.972 bits per heavy atom. The Hall–Kier alpha value is -1.06. The maximum atomic E-state index is 14.7. The lowest BCUT2D eigenvalue weighted by atomic mass is 9.37. The Morgan fingerprint density at radius 1 is 0.583 bits per heavy atom. The van der Waals surface area contributed by atoms with Crippen molar-refractivity contribution in [1.82, 2.24) is 10.0 Å². The Balaban J connectivity index is 1.21. The Bertz CT molecular complexity index is 946. The van der Waals surface area contributed by atoms with Gasteiger partial charge in [0.1, 0.15) is 0 Å². The number of hydrogen-bond acceptors (Lipinski definition) is 2. The van der Waals surface area contributed by atoms with Crippen molar-refractivity contribution < 1.29 is 9.59 Å². The van der Waals surface area contributed by atoms with Crippen LogP contribution in [0.25, 0.3) is 0 Å². The van der Waals surface area contributed by atoms with Crippen LogP contribution < -0.4 is 0 Å². The number of carbonyl (C=O) groups is 2. The normalized spacial score (nSPS) is 56.9. The highest BCUT2D eigenvalue weighted by molar-refractivity contribution is 5.89. The summed E-state index contributed by atoms with van der Waals surface area (Å²) < 4.78 is 0. The van der Waals surface area contributed by atoms with E-state index in [0.717, 1.165) is 64.5 Å². The molecule has 4 nitrogen and oxygen atoms in total. The standard InChI is InChI=1S/C32H50N2O2/c1-21-23-11-27(3)15-29(21,5)19-31(13-23,17-27)25(35)33-9-7-8-10-34(33)26(36)32-14-24-12-28(4,18-32)16-30(6,20-32)22(24)2/h21-24H,7-20H2,1-6H3. The monoisotopic (exact) mass is 494 g/mol. The van der Waals surface area contributed by atoms with Crippen LogP contribution in [0, 0.1) is 56.2 Å². The number of hydrogen-bond donors (Lipinski definition) is 0. The van der Waals surface area contributed by atoms with Gasteiger partial charge in [-0.3, -0.25) is 19.6 Å². The lowest BCUT2D eigenvalue weighted by Gasteiger charge is -2.69. The average Bonchev–Trinajstić information content (AvgIpc) is 2.77. The van der Waals surface area contributed by atoms with Gasteiger partial charge in [-0.15, -0.1) is 0 Å². The fourth-order valence-corrected chi connectivity index (χ4v) is 13.2. The summed E-state index contributed by atoms with van der Waals surface area (Å²) in [6.45, 7) is 16.3. The Labute approximate surface area is 219 Å². The van der Waals surface area contributed by atoms with E-state index in [4.69, 9.17) is 0 Å². The summed E-state index contributed by atoms with van der Waals surface area (Å²) in [5.41, 5.74) is 0.632. The first-order valence-electron chi connectivity index (χ1n) is 15.4. The van der Waals surface area contributed by atoms with Gasteiger partial charge in [0.05, 0.1) is 10.8 Å². The van der Waals surface area contributed by atoms with Crippen molar-refractivity contribution in [2.45, 2.75) is 119 Å². The molecule has 2 amide bonds. The van der Waals surface area contributed by atoms with Gasteiger partial charge in [-0.05, 0) is 122 Å². The molecule has 8 saturated carbocycles. The van der Waals surface area contributed by atoms with Crippen LogP contribution in [-0.4, -0.2) is 34.9 Å². The summed E-state index contributed by atoms with van der Waals surface area (Å²) in [6.07, 6.45) is 13.4. The highest BCUT2D eigenvalue weighted by Crippen LogP contribution is 2.73. The second kappa shape index (κ2) is 6.92. The third kappa shape index (κ3) is 2.99. The van der Waals surface area contributed by atoms with Crippen LogP contribution in [0.4, 0.5) is 0 Å². The van der Waals surface area contributed by atoms with Gasteiger partial charge < -0.3 is 0 Å². The molecule has 1 aliphatic heterocycles. The molecule has 10 unspecified atom stereocenters. The first-order chi connectivity index (χ1) is 16.7. The molecule has 1 saturated heterocycles. The highest BCUT2D eigenvalue weighted by atomic mass is 16.2. The molecule has 9 rings (SSSR count). The van der Waals surface area contributed by atoms with Crippen molar-refractivity contribution in [3.8, 4) is 0 Å². The van der Waals surface area contributed by atoms with Gasteiger partial charge >= 0.3 is 0 Å². The van der Waals surface area contributed by atoms with E-state index in [2.05, 4.69) is 41.5 Å². The van der Waals surface area contributed by atoms with Crippen LogP contribution in [-0.2, 0) is 9.59 Å². The molecular weight excluding hydrogens is 444 g/mol. The van der Waals surface area contributed by atoms with E-state index in [1.807, 2.05) is 10.0 Å².